The van der Waals surface area contributed by atoms with Crippen molar-refractivity contribution in [3.8, 4) is 0 Å². The van der Waals surface area contributed by atoms with E-state index in [2.05, 4.69) is 19.6 Å². The Bertz CT molecular complexity index is 174. The van der Waals surface area contributed by atoms with Crippen LogP contribution in [0.25, 0.3) is 0 Å². The highest BCUT2D eigenvalue weighted by molar-refractivity contribution is 7.81. The average molecular weight is 248 g/mol. The molecule has 0 rings (SSSR count). The SMILES string of the molecule is CCCCCCCC(OCC)OC(=O)CS. The topological polar surface area (TPSA) is 35.5 Å². The maximum absolute atomic E-state index is 11.1. The van der Waals surface area contributed by atoms with Gasteiger partial charge in [0.05, 0.1) is 5.75 Å². The van der Waals surface area contributed by atoms with Crippen LogP contribution in [0, 0.1) is 0 Å². The van der Waals surface area contributed by atoms with Gasteiger partial charge in [0.2, 0.25) is 6.29 Å². The first-order chi connectivity index (χ1) is 7.74. The number of ether oxygens (including phenoxy) is 2. The number of carbonyl (C=O) groups excluding carboxylic acids is 1. The molecule has 0 bridgehead atoms. The number of esters is 1. The predicted molar refractivity (Wildman–Crippen MR) is 68.7 cm³/mol. The van der Waals surface area contributed by atoms with Crippen molar-refractivity contribution in [2.45, 2.75) is 58.7 Å². The summed E-state index contributed by atoms with van der Waals surface area (Å²) in [5, 5.41) is 0. The van der Waals surface area contributed by atoms with E-state index < -0.39 is 0 Å². The molecule has 0 amide bonds. The van der Waals surface area contributed by atoms with Crippen LogP contribution in [0.2, 0.25) is 0 Å². The zero-order valence-electron chi connectivity index (χ0n) is 10.4. The lowest BCUT2D eigenvalue weighted by atomic mass is 10.1. The van der Waals surface area contributed by atoms with Gasteiger partial charge in [0.25, 0.3) is 0 Å². The fraction of sp³-hybridized carbons (Fsp3) is 0.917. The molecule has 0 saturated carbocycles. The monoisotopic (exact) mass is 248 g/mol. The maximum atomic E-state index is 11.1. The number of carbonyl (C=O) groups is 1. The van der Waals surface area contributed by atoms with Crippen LogP contribution in [0.15, 0.2) is 0 Å². The van der Waals surface area contributed by atoms with E-state index in [1.807, 2.05) is 6.92 Å². The Hall–Kier alpha value is -0.220. The Balaban J connectivity index is 3.63. The van der Waals surface area contributed by atoms with Crippen molar-refractivity contribution >= 4 is 18.6 Å². The van der Waals surface area contributed by atoms with E-state index in [4.69, 9.17) is 9.47 Å². The molecular weight excluding hydrogens is 224 g/mol. The third kappa shape index (κ3) is 9.04. The Morgan fingerprint density at radius 2 is 1.88 bits per heavy atom. The Kier molecular flexibility index (Phi) is 11.1. The molecule has 1 atom stereocenters. The Morgan fingerprint density at radius 1 is 1.19 bits per heavy atom. The van der Waals surface area contributed by atoms with E-state index >= 15 is 0 Å². The number of hydrogen-bond acceptors (Lipinski definition) is 4. The van der Waals surface area contributed by atoms with Crippen molar-refractivity contribution in [2.24, 2.45) is 0 Å². The van der Waals surface area contributed by atoms with Gasteiger partial charge in [0, 0.05) is 13.0 Å². The summed E-state index contributed by atoms with van der Waals surface area (Å²) in [4.78, 5) is 11.1. The van der Waals surface area contributed by atoms with Gasteiger partial charge in [-0.2, -0.15) is 12.6 Å². The molecule has 0 N–H and O–H groups in total. The van der Waals surface area contributed by atoms with E-state index in [1.54, 1.807) is 0 Å². The second-order valence-electron chi connectivity index (χ2n) is 3.74. The molecule has 0 heterocycles. The van der Waals surface area contributed by atoms with Gasteiger partial charge in [-0.15, -0.1) is 0 Å². The lowest BCUT2D eigenvalue weighted by molar-refractivity contribution is -0.176. The normalized spacial score (nSPS) is 12.4. The van der Waals surface area contributed by atoms with E-state index in [0.717, 1.165) is 12.8 Å². The quantitative estimate of drug-likeness (QED) is 0.279. The molecule has 0 aliphatic heterocycles. The number of hydrogen-bond donors (Lipinski definition) is 1. The third-order valence-electron chi connectivity index (χ3n) is 2.29. The highest BCUT2D eigenvalue weighted by Crippen LogP contribution is 2.11. The molecule has 96 valence electrons. The van der Waals surface area contributed by atoms with Crippen molar-refractivity contribution in [2.75, 3.05) is 12.4 Å². The van der Waals surface area contributed by atoms with Crippen LogP contribution in [0.5, 0.6) is 0 Å². The molecule has 16 heavy (non-hydrogen) atoms. The highest BCUT2D eigenvalue weighted by atomic mass is 32.1. The van der Waals surface area contributed by atoms with Crippen molar-refractivity contribution in [3.63, 3.8) is 0 Å². The predicted octanol–water partition coefficient (Wildman–Crippen LogP) is 3.18. The molecule has 0 spiro atoms. The first-order valence-electron chi connectivity index (χ1n) is 6.16. The summed E-state index contributed by atoms with van der Waals surface area (Å²) in [5.41, 5.74) is 0. The molecule has 0 aromatic rings. The summed E-state index contributed by atoms with van der Waals surface area (Å²) in [7, 11) is 0. The molecular formula is C12H24O3S. The number of thiol groups is 1. The number of unbranched alkanes of at least 4 members (excludes halogenated alkanes) is 4. The van der Waals surface area contributed by atoms with Crippen molar-refractivity contribution in [1.82, 2.24) is 0 Å². The lowest BCUT2D eigenvalue weighted by Crippen LogP contribution is -2.22. The smallest absolute Gasteiger partial charge is 0.317 e. The molecule has 0 aromatic carbocycles. The van der Waals surface area contributed by atoms with E-state index in [1.165, 1.54) is 25.7 Å². The minimum Gasteiger partial charge on any atom is -0.435 e. The van der Waals surface area contributed by atoms with Crippen LogP contribution in [0.4, 0.5) is 0 Å². The fourth-order valence-corrected chi connectivity index (χ4v) is 1.54. The third-order valence-corrected chi connectivity index (χ3v) is 2.55. The molecule has 0 aliphatic rings. The van der Waals surface area contributed by atoms with Gasteiger partial charge < -0.3 is 9.47 Å². The van der Waals surface area contributed by atoms with Crippen molar-refractivity contribution < 1.29 is 14.3 Å². The van der Waals surface area contributed by atoms with Gasteiger partial charge in [-0.05, 0) is 13.3 Å². The molecule has 0 saturated heterocycles. The molecule has 0 aromatic heterocycles. The standard InChI is InChI=1S/C12H24O3S/c1-3-5-6-7-8-9-12(14-4-2)15-11(13)10-16/h12,16H,3-10H2,1-2H3. The van der Waals surface area contributed by atoms with Gasteiger partial charge in [0.1, 0.15) is 0 Å². The fourth-order valence-electron chi connectivity index (χ4n) is 1.46. The second kappa shape index (κ2) is 11.3. The summed E-state index contributed by atoms with van der Waals surface area (Å²) in [5.74, 6) is -0.199. The van der Waals surface area contributed by atoms with E-state index in [-0.39, 0.29) is 18.0 Å². The van der Waals surface area contributed by atoms with Gasteiger partial charge >= 0.3 is 5.97 Å². The molecule has 1 unspecified atom stereocenters. The summed E-state index contributed by atoms with van der Waals surface area (Å²) in [6, 6.07) is 0. The summed E-state index contributed by atoms with van der Waals surface area (Å²) < 4.78 is 10.5. The summed E-state index contributed by atoms with van der Waals surface area (Å²) in [6.07, 6.45) is 6.39. The van der Waals surface area contributed by atoms with Gasteiger partial charge in [-0.3, -0.25) is 4.79 Å². The molecule has 0 radical (unpaired) electrons. The molecule has 3 nitrogen and oxygen atoms in total. The Morgan fingerprint density at radius 3 is 2.44 bits per heavy atom. The summed E-state index contributed by atoms with van der Waals surface area (Å²) >= 11 is 3.87. The van der Waals surface area contributed by atoms with Crippen LogP contribution >= 0.6 is 12.6 Å². The minimum absolute atomic E-state index is 0.111. The van der Waals surface area contributed by atoms with Crippen molar-refractivity contribution in [3.05, 3.63) is 0 Å². The lowest BCUT2D eigenvalue weighted by Gasteiger charge is -2.16. The first-order valence-corrected chi connectivity index (χ1v) is 6.79. The molecule has 0 aliphatic carbocycles. The van der Waals surface area contributed by atoms with Gasteiger partial charge in [-0.25, -0.2) is 0 Å². The van der Waals surface area contributed by atoms with Gasteiger partial charge in [0.15, 0.2) is 0 Å². The van der Waals surface area contributed by atoms with Crippen LogP contribution in [0.3, 0.4) is 0 Å². The number of rotatable bonds is 10. The van der Waals surface area contributed by atoms with Crippen LogP contribution in [-0.4, -0.2) is 24.6 Å². The van der Waals surface area contributed by atoms with E-state index in [9.17, 15) is 4.79 Å². The van der Waals surface area contributed by atoms with Crippen LogP contribution in [0.1, 0.15) is 52.4 Å². The largest absolute Gasteiger partial charge is 0.435 e. The molecule has 0 fully saturated rings. The van der Waals surface area contributed by atoms with Gasteiger partial charge in [-0.1, -0.05) is 32.6 Å². The summed E-state index contributed by atoms with van der Waals surface area (Å²) in [6.45, 7) is 4.66. The highest BCUT2D eigenvalue weighted by Gasteiger charge is 2.12. The average Bonchev–Trinajstić information content (AvgIpc) is 2.28. The van der Waals surface area contributed by atoms with Crippen molar-refractivity contribution in [1.29, 1.82) is 0 Å². The minimum atomic E-state index is -0.383. The van der Waals surface area contributed by atoms with E-state index in [0.29, 0.717) is 6.61 Å². The van der Waals surface area contributed by atoms with Crippen LogP contribution in [-0.2, 0) is 14.3 Å². The zero-order chi connectivity index (χ0) is 12.2. The molecule has 4 heteroatoms. The maximum Gasteiger partial charge on any atom is 0.317 e. The Labute approximate surface area is 104 Å². The second-order valence-corrected chi connectivity index (χ2v) is 4.05. The first kappa shape index (κ1) is 15.8. The zero-order valence-corrected chi connectivity index (χ0v) is 11.3. The van der Waals surface area contributed by atoms with Crippen LogP contribution < -0.4 is 0 Å².